The lowest BCUT2D eigenvalue weighted by atomic mass is 9.98. The maximum Gasteiger partial charge on any atom is 0.293 e. The maximum absolute atomic E-state index is 12.6. The van der Waals surface area contributed by atoms with E-state index in [0.29, 0.717) is 17.3 Å². The lowest BCUT2D eigenvalue weighted by Gasteiger charge is -2.31. The molecule has 1 amide bonds. The Morgan fingerprint density at radius 2 is 1.85 bits per heavy atom. The third kappa shape index (κ3) is 4.27. The predicted molar refractivity (Wildman–Crippen MR) is 108 cm³/mol. The zero-order valence-electron chi connectivity index (χ0n) is 16.0. The number of carbonyl (C=O) groups excluding carboxylic acids is 1. The number of nitro groups is 1. The van der Waals surface area contributed by atoms with E-state index in [1.54, 1.807) is 12.1 Å². The summed E-state index contributed by atoms with van der Waals surface area (Å²) >= 11 is 0. The highest BCUT2D eigenvalue weighted by molar-refractivity contribution is 6.05. The summed E-state index contributed by atoms with van der Waals surface area (Å²) in [5.41, 5.74) is 3.64. The van der Waals surface area contributed by atoms with Crippen LogP contribution in [0.25, 0.3) is 0 Å². The molecule has 27 heavy (non-hydrogen) atoms. The first kappa shape index (κ1) is 18.9. The number of nitrogens with one attached hydrogen (secondary N) is 1. The molecular weight excluding hydrogens is 342 g/mol. The Balaban J connectivity index is 1.85. The number of anilines is 2. The molecule has 0 saturated carbocycles. The minimum absolute atomic E-state index is 0.0159. The van der Waals surface area contributed by atoms with E-state index >= 15 is 0 Å². The zero-order valence-corrected chi connectivity index (χ0v) is 16.0. The Morgan fingerprint density at radius 1 is 1.15 bits per heavy atom. The molecule has 0 aliphatic carbocycles. The molecule has 0 atom stereocenters. The second kappa shape index (κ2) is 7.78. The Bertz CT molecular complexity index is 871. The molecule has 1 N–H and O–H groups in total. The van der Waals surface area contributed by atoms with Gasteiger partial charge in [-0.2, -0.15) is 0 Å². The van der Waals surface area contributed by atoms with Gasteiger partial charge in [0.2, 0.25) is 0 Å². The van der Waals surface area contributed by atoms with Crippen LogP contribution in [0.1, 0.15) is 41.3 Å². The number of benzene rings is 2. The van der Waals surface area contributed by atoms with Crippen molar-refractivity contribution in [1.29, 1.82) is 0 Å². The van der Waals surface area contributed by atoms with Gasteiger partial charge < -0.3 is 10.2 Å². The van der Waals surface area contributed by atoms with E-state index in [9.17, 15) is 14.9 Å². The van der Waals surface area contributed by atoms with Crippen molar-refractivity contribution in [2.75, 3.05) is 23.3 Å². The molecule has 2 aromatic rings. The van der Waals surface area contributed by atoms with Crippen LogP contribution in [0.4, 0.5) is 17.1 Å². The summed E-state index contributed by atoms with van der Waals surface area (Å²) in [5.74, 6) is 0.298. The Labute approximate surface area is 159 Å². The Kier molecular flexibility index (Phi) is 5.44. The molecule has 6 heteroatoms. The van der Waals surface area contributed by atoms with Crippen LogP contribution in [0, 0.1) is 29.9 Å². The molecule has 1 aliphatic rings. The van der Waals surface area contributed by atoms with Crippen LogP contribution in [0.15, 0.2) is 36.4 Å². The number of hydrogen-bond acceptors (Lipinski definition) is 4. The first-order valence-electron chi connectivity index (χ1n) is 9.27. The van der Waals surface area contributed by atoms with Crippen molar-refractivity contribution in [3.05, 3.63) is 63.2 Å². The van der Waals surface area contributed by atoms with E-state index in [0.717, 1.165) is 37.1 Å². The molecule has 1 saturated heterocycles. The van der Waals surface area contributed by atoms with E-state index in [2.05, 4.69) is 12.2 Å². The SMILES string of the molecule is Cc1ccc(NC(=O)c2ccc(N3CCC(C)CC3)c([N+](=O)[O-])c2)c(C)c1. The summed E-state index contributed by atoms with van der Waals surface area (Å²) in [7, 11) is 0. The van der Waals surface area contributed by atoms with Crippen molar-refractivity contribution in [2.24, 2.45) is 5.92 Å². The van der Waals surface area contributed by atoms with Crippen LogP contribution in [-0.4, -0.2) is 23.9 Å². The molecule has 0 aromatic heterocycles. The fraction of sp³-hybridized carbons (Fsp3) is 0.381. The molecule has 0 spiro atoms. The van der Waals surface area contributed by atoms with Crippen molar-refractivity contribution in [3.8, 4) is 0 Å². The molecule has 3 rings (SSSR count). The molecule has 6 nitrogen and oxygen atoms in total. The minimum Gasteiger partial charge on any atom is -0.366 e. The van der Waals surface area contributed by atoms with Crippen LogP contribution in [0.3, 0.4) is 0 Å². The fourth-order valence-corrected chi connectivity index (χ4v) is 3.48. The standard InChI is InChI=1S/C21H25N3O3/c1-14-8-10-23(11-9-14)19-7-5-17(13-20(19)24(26)27)21(25)22-18-6-4-15(2)12-16(18)3/h4-7,12-14H,8-11H2,1-3H3,(H,22,25). The van der Waals surface area contributed by atoms with Gasteiger partial charge in [-0.3, -0.25) is 14.9 Å². The largest absolute Gasteiger partial charge is 0.366 e. The molecule has 0 radical (unpaired) electrons. The molecule has 142 valence electrons. The second-order valence-electron chi connectivity index (χ2n) is 7.40. The monoisotopic (exact) mass is 367 g/mol. The van der Waals surface area contributed by atoms with Crippen LogP contribution in [0.5, 0.6) is 0 Å². The lowest BCUT2D eigenvalue weighted by molar-refractivity contribution is -0.384. The van der Waals surface area contributed by atoms with Crippen LogP contribution in [0.2, 0.25) is 0 Å². The normalized spacial score (nSPS) is 14.9. The third-order valence-electron chi connectivity index (χ3n) is 5.19. The van der Waals surface area contributed by atoms with Gasteiger partial charge in [0.15, 0.2) is 0 Å². The minimum atomic E-state index is -0.402. The zero-order chi connectivity index (χ0) is 19.6. The number of aryl methyl sites for hydroxylation is 2. The van der Waals surface area contributed by atoms with Gasteiger partial charge in [0, 0.05) is 30.4 Å². The maximum atomic E-state index is 12.6. The van der Waals surface area contributed by atoms with Crippen molar-refractivity contribution in [2.45, 2.75) is 33.6 Å². The van der Waals surface area contributed by atoms with Gasteiger partial charge in [-0.1, -0.05) is 24.6 Å². The summed E-state index contributed by atoms with van der Waals surface area (Å²) in [4.78, 5) is 25.9. The number of hydrogen-bond donors (Lipinski definition) is 1. The van der Waals surface area contributed by atoms with Gasteiger partial charge in [0.1, 0.15) is 5.69 Å². The predicted octanol–water partition coefficient (Wildman–Crippen LogP) is 4.70. The fourth-order valence-electron chi connectivity index (χ4n) is 3.48. The van der Waals surface area contributed by atoms with Gasteiger partial charge in [-0.05, 0) is 56.4 Å². The number of nitro benzene ring substituents is 1. The van der Waals surface area contributed by atoms with E-state index < -0.39 is 4.92 Å². The Hall–Kier alpha value is -2.89. The van der Waals surface area contributed by atoms with Crippen LogP contribution in [-0.2, 0) is 0 Å². The third-order valence-corrected chi connectivity index (χ3v) is 5.19. The van der Waals surface area contributed by atoms with E-state index in [1.807, 2.05) is 36.9 Å². The first-order chi connectivity index (χ1) is 12.8. The summed E-state index contributed by atoms with van der Waals surface area (Å²) < 4.78 is 0. The van der Waals surface area contributed by atoms with E-state index in [-0.39, 0.29) is 17.2 Å². The molecule has 2 aromatic carbocycles. The Morgan fingerprint density at radius 3 is 2.48 bits per heavy atom. The molecule has 1 heterocycles. The average molecular weight is 367 g/mol. The quantitative estimate of drug-likeness (QED) is 0.628. The van der Waals surface area contributed by atoms with Crippen LogP contribution >= 0.6 is 0 Å². The number of piperidine rings is 1. The van der Waals surface area contributed by atoms with Gasteiger partial charge >= 0.3 is 0 Å². The number of carbonyl (C=O) groups is 1. The second-order valence-corrected chi connectivity index (χ2v) is 7.40. The summed E-state index contributed by atoms with van der Waals surface area (Å²) in [5, 5.41) is 14.5. The van der Waals surface area contributed by atoms with Gasteiger partial charge in [0.05, 0.1) is 4.92 Å². The molecular formula is C21H25N3O3. The van der Waals surface area contributed by atoms with Crippen LogP contribution < -0.4 is 10.2 Å². The van der Waals surface area contributed by atoms with Gasteiger partial charge in [-0.25, -0.2) is 0 Å². The average Bonchev–Trinajstić information content (AvgIpc) is 2.64. The van der Waals surface area contributed by atoms with Gasteiger partial charge in [-0.15, -0.1) is 0 Å². The first-order valence-corrected chi connectivity index (χ1v) is 9.27. The van der Waals surface area contributed by atoms with Crippen molar-refractivity contribution < 1.29 is 9.72 Å². The number of amides is 1. The highest BCUT2D eigenvalue weighted by Gasteiger charge is 2.24. The smallest absolute Gasteiger partial charge is 0.293 e. The van der Waals surface area contributed by atoms with Crippen molar-refractivity contribution >= 4 is 23.0 Å². The topological polar surface area (TPSA) is 75.5 Å². The van der Waals surface area contributed by atoms with Crippen molar-refractivity contribution in [3.63, 3.8) is 0 Å². The molecule has 1 aliphatic heterocycles. The molecule has 0 bridgehead atoms. The summed E-state index contributed by atoms with van der Waals surface area (Å²) in [6.45, 7) is 7.71. The highest BCUT2D eigenvalue weighted by Crippen LogP contribution is 2.32. The molecule has 0 unspecified atom stereocenters. The van der Waals surface area contributed by atoms with Gasteiger partial charge in [0.25, 0.3) is 11.6 Å². The van der Waals surface area contributed by atoms with E-state index in [1.165, 1.54) is 6.07 Å². The summed E-state index contributed by atoms with van der Waals surface area (Å²) in [6.07, 6.45) is 2.04. The van der Waals surface area contributed by atoms with Crippen molar-refractivity contribution in [1.82, 2.24) is 0 Å². The molecule has 1 fully saturated rings. The highest BCUT2D eigenvalue weighted by atomic mass is 16.6. The number of rotatable bonds is 4. The summed E-state index contributed by atoms with van der Waals surface area (Å²) in [6, 6.07) is 10.5. The number of nitrogens with zero attached hydrogens (tertiary/aromatic N) is 2. The lowest BCUT2D eigenvalue weighted by Crippen LogP contribution is -2.33. The van der Waals surface area contributed by atoms with E-state index in [4.69, 9.17) is 0 Å².